The van der Waals surface area contributed by atoms with E-state index in [1.165, 1.54) is 20.0 Å². The summed E-state index contributed by atoms with van der Waals surface area (Å²) in [7, 11) is 1.44. The van der Waals surface area contributed by atoms with E-state index in [2.05, 4.69) is 9.64 Å². The zero-order valence-electron chi connectivity index (χ0n) is 9.01. The second kappa shape index (κ2) is 8.05. The smallest absolute Gasteiger partial charge is 0.306 e. The molecule has 3 heteroatoms. The molecule has 0 saturated carbocycles. The average Bonchev–Trinajstić information content (AvgIpc) is 2.70. The third-order valence-electron chi connectivity index (χ3n) is 2.06. The Morgan fingerprint density at radius 2 is 1.85 bits per heavy atom. The lowest BCUT2D eigenvalue weighted by Crippen LogP contribution is -2.22. The molecule has 78 valence electrons. The zero-order valence-corrected chi connectivity index (χ0v) is 9.01. The number of methoxy groups -OCH3 is 1. The lowest BCUT2D eigenvalue weighted by molar-refractivity contribution is -0.140. The summed E-state index contributed by atoms with van der Waals surface area (Å²) in [5.41, 5.74) is 0. The molecule has 0 bridgehead atoms. The maximum atomic E-state index is 10.7. The van der Waals surface area contributed by atoms with Gasteiger partial charge in [0.2, 0.25) is 0 Å². The number of rotatable bonds is 3. The van der Waals surface area contributed by atoms with Crippen LogP contribution in [0.3, 0.4) is 0 Å². The zero-order chi connectivity index (χ0) is 10.1. The molecule has 0 aromatic heterocycles. The minimum absolute atomic E-state index is 0.100. The van der Waals surface area contributed by atoms with Crippen LogP contribution in [0.2, 0.25) is 0 Å². The Bertz CT molecular complexity index is 131. The number of esters is 1. The Morgan fingerprint density at radius 1 is 1.31 bits per heavy atom. The molecule has 0 unspecified atom stereocenters. The fraction of sp³-hybridized carbons (Fsp3) is 0.900. The minimum atomic E-state index is -0.100. The molecule has 0 N–H and O–H groups in total. The summed E-state index contributed by atoms with van der Waals surface area (Å²) in [6.45, 7) is 7.17. The molecular weight excluding hydrogens is 166 g/mol. The van der Waals surface area contributed by atoms with Gasteiger partial charge in [0, 0.05) is 6.54 Å². The van der Waals surface area contributed by atoms with Crippen LogP contribution in [-0.4, -0.2) is 37.6 Å². The van der Waals surface area contributed by atoms with Gasteiger partial charge in [-0.15, -0.1) is 0 Å². The lowest BCUT2D eigenvalue weighted by Gasteiger charge is -2.12. The molecule has 3 nitrogen and oxygen atoms in total. The van der Waals surface area contributed by atoms with Crippen molar-refractivity contribution in [2.75, 3.05) is 26.7 Å². The first-order valence-electron chi connectivity index (χ1n) is 5.12. The number of nitrogens with zero attached hydrogens (tertiary/aromatic N) is 1. The van der Waals surface area contributed by atoms with Crippen molar-refractivity contribution < 1.29 is 9.53 Å². The highest BCUT2D eigenvalue weighted by Crippen LogP contribution is 2.07. The Hall–Kier alpha value is -0.570. The highest BCUT2D eigenvalue weighted by Gasteiger charge is 2.12. The van der Waals surface area contributed by atoms with Gasteiger partial charge in [-0.25, -0.2) is 0 Å². The molecule has 0 atom stereocenters. The fourth-order valence-corrected chi connectivity index (χ4v) is 1.36. The summed E-state index contributed by atoms with van der Waals surface area (Å²) in [4.78, 5) is 13.0. The molecule has 1 rings (SSSR count). The summed E-state index contributed by atoms with van der Waals surface area (Å²) < 4.78 is 4.54. The molecular formula is C10H21NO2. The van der Waals surface area contributed by atoms with Crippen LogP contribution in [0.25, 0.3) is 0 Å². The van der Waals surface area contributed by atoms with Gasteiger partial charge in [0.05, 0.1) is 13.5 Å². The van der Waals surface area contributed by atoms with Gasteiger partial charge in [0.1, 0.15) is 0 Å². The van der Waals surface area contributed by atoms with Crippen molar-refractivity contribution in [3.05, 3.63) is 0 Å². The van der Waals surface area contributed by atoms with Crippen LogP contribution >= 0.6 is 0 Å². The van der Waals surface area contributed by atoms with Crippen molar-refractivity contribution >= 4 is 5.97 Å². The molecule has 0 spiro atoms. The standard InChI is InChI=1S/C8H15NO2.C2H6/c1-11-8(10)4-7-9-5-2-3-6-9;1-2/h2-7H2,1H3;1-2H3. The molecule has 1 fully saturated rings. The van der Waals surface area contributed by atoms with E-state index in [1.807, 2.05) is 13.8 Å². The summed E-state index contributed by atoms with van der Waals surface area (Å²) in [6.07, 6.45) is 3.10. The van der Waals surface area contributed by atoms with Gasteiger partial charge in [-0.05, 0) is 25.9 Å². The van der Waals surface area contributed by atoms with Crippen molar-refractivity contribution in [2.45, 2.75) is 33.1 Å². The van der Waals surface area contributed by atoms with Gasteiger partial charge in [-0.2, -0.15) is 0 Å². The third kappa shape index (κ3) is 5.64. The highest BCUT2D eigenvalue weighted by molar-refractivity contribution is 5.69. The maximum absolute atomic E-state index is 10.7. The molecule has 1 saturated heterocycles. The number of likely N-dealkylation sites (tertiary alicyclic amines) is 1. The van der Waals surface area contributed by atoms with Crippen LogP contribution in [0.15, 0.2) is 0 Å². The third-order valence-corrected chi connectivity index (χ3v) is 2.06. The molecule has 0 aromatic carbocycles. The van der Waals surface area contributed by atoms with Crippen LogP contribution < -0.4 is 0 Å². The minimum Gasteiger partial charge on any atom is -0.469 e. The van der Waals surface area contributed by atoms with E-state index in [0.717, 1.165) is 19.6 Å². The number of carbonyl (C=O) groups is 1. The molecule has 0 aliphatic carbocycles. The van der Waals surface area contributed by atoms with Crippen LogP contribution in [0.4, 0.5) is 0 Å². The van der Waals surface area contributed by atoms with Crippen LogP contribution in [0.1, 0.15) is 33.1 Å². The summed E-state index contributed by atoms with van der Waals surface area (Å²) >= 11 is 0. The molecule has 13 heavy (non-hydrogen) atoms. The number of hydrogen-bond donors (Lipinski definition) is 0. The normalized spacial score (nSPS) is 16.2. The van der Waals surface area contributed by atoms with E-state index >= 15 is 0 Å². The predicted octanol–water partition coefficient (Wildman–Crippen LogP) is 1.67. The van der Waals surface area contributed by atoms with Crippen LogP contribution in [0, 0.1) is 0 Å². The average molecular weight is 187 g/mol. The van der Waals surface area contributed by atoms with Crippen molar-refractivity contribution in [3.63, 3.8) is 0 Å². The van der Waals surface area contributed by atoms with Gasteiger partial charge in [-0.1, -0.05) is 13.8 Å². The number of ether oxygens (including phenoxy) is 1. The quantitative estimate of drug-likeness (QED) is 0.629. The maximum Gasteiger partial charge on any atom is 0.306 e. The predicted molar refractivity (Wildman–Crippen MR) is 53.7 cm³/mol. The van der Waals surface area contributed by atoms with Gasteiger partial charge in [-0.3, -0.25) is 4.79 Å². The summed E-state index contributed by atoms with van der Waals surface area (Å²) in [6, 6.07) is 0. The highest BCUT2D eigenvalue weighted by atomic mass is 16.5. The van der Waals surface area contributed by atoms with Gasteiger partial charge in [0.25, 0.3) is 0 Å². The Morgan fingerprint density at radius 3 is 2.31 bits per heavy atom. The van der Waals surface area contributed by atoms with Crippen molar-refractivity contribution in [2.24, 2.45) is 0 Å². The lowest BCUT2D eigenvalue weighted by atomic mass is 10.4. The number of carbonyl (C=O) groups excluding carboxylic acids is 1. The van der Waals surface area contributed by atoms with Crippen molar-refractivity contribution in [1.82, 2.24) is 4.90 Å². The summed E-state index contributed by atoms with van der Waals surface area (Å²) in [5, 5.41) is 0. The van der Waals surface area contributed by atoms with E-state index in [1.54, 1.807) is 0 Å². The van der Waals surface area contributed by atoms with Crippen LogP contribution in [0.5, 0.6) is 0 Å². The first-order chi connectivity index (χ1) is 6.33. The van der Waals surface area contributed by atoms with Gasteiger partial charge < -0.3 is 9.64 Å². The van der Waals surface area contributed by atoms with Crippen molar-refractivity contribution in [1.29, 1.82) is 0 Å². The molecule has 1 heterocycles. The topological polar surface area (TPSA) is 29.5 Å². The molecule has 0 radical (unpaired) electrons. The van der Waals surface area contributed by atoms with E-state index in [9.17, 15) is 4.79 Å². The van der Waals surface area contributed by atoms with Gasteiger partial charge in [0.15, 0.2) is 0 Å². The second-order valence-electron chi connectivity index (χ2n) is 2.87. The first-order valence-corrected chi connectivity index (χ1v) is 5.12. The Kier molecular flexibility index (Phi) is 7.69. The summed E-state index contributed by atoms with van der Waals surface area (Å²) in [5.74, 6) is -0.100. The van der Waals surface area contributed by atoms with E-state index in [0.29, 0.717) is 6.42 Å². The Balaban J connectivity index is 0.000000671. The molecule has 1 aliphatic heterocycles. The largest absolute Gasteiger partial charge is 0.469 e. The number of hydrogen-bond acceptors (Lipinski definition) is 3. The SMILES string of the molecule is CC.COC(=O)CCN1CCCC1. The Labute approximate surface area is 81.1 Å². The molecule has 0 aromatic rings. The van der Waals surface area contributed by atoms with Gasteiger partial charge >= 0.3 is 5.97 Å². The monoisotopic (exact) mass is 187 g/mol. The van der Waals surface area contributed by atoms with E-state index in [-0.39, 0.29) is 5.97 Å². The van der Waals surface area contributed by atoms with E-state index in [4.69, 9.17) is 0 Å². The fourth-order valence-electron chi connectivity index (χ4n) is 1.36. The first kappa shape index (κ1) is 12.4. The van der Waals surface area contributed by atoms with Crippen LogP contribution in [-0.2, 0) is 9.53 Å². The second-order valence-corrected chi connectivity index (χ2v) is 2.87. The molecule has 1 aliphatic rings. The van der Waals surface area contributed by atoms with Crippen molar-refractivity contribution in [3.8, 4) is 0 Å². The molecule has 0 amide bonds. The van der Waals surface area contributed by atoms with E-state index < -0.39 is 0 Å².